The Labute approximate surface area is 138 Å². The van der Waals surface area contributed by atoms with Gasteiger partial charge in [0.1, 0.15) is 5.75 Å². The van der Waals surface area contributed by atoms with Gasteiger partial charge in [-0.2, -0.15) is 0 Å². The average molecular weight is 353 g/mol. The lowest BCUT2D eigenvalue weighted by molar-refractivity contribution is 0.291. The third-order valence-electron chi connectivity index (χ3n) is 4.49. The molecule has 1 aromatic carbocycles. The molecular weight excluding hydrogens is 324 g/mol. The molecular formula is C19H29BrO. The van der Waals surface area contributed by atoms with Crippen LogP contribution in [0.1, 0.15) is 81.7 Å². The van der Waals surface area contributed by atoms with Crippen LogP contribution in [0.4, 0.5) is 0 Å². The smallest absolute Gasteiger partial charge is 0.123 e. The standard InChI is InChI=1S/C19H29BrO/c1-4-5-6-7-8-9-10-17(20)15-11-12-18-16(13-15)19(2,3)14-21-18/h11-13,17H,4-10,14H2,1-3H3. The molecule has 1 unspecified atom stereocenters. The molecule has 1 heterocycles. The summed E-state index contributed by atoms with van der Waals surface area (Å²) in [4.78, 5) is 0.477. The van der Waals surface area contributed by atoms with Gasteiger partial charge in [0.05, 0.1) is 6.61 Å². The molecule has 1 aliphatic heterocycles. The number of hydrogen-bond acceptors (Lipinski definition) is 1. The van der Waals surface area contributed by atoms with E-state index in [0.717, 1.165) is 12.4 Å². The zero-order valence-corrected chi connectivity index (χ0v) is 15.3. The second-order valence-corrected chi connectivity index (χ2v) is 8.06. The molecule has 1 aliphatic rings. The molecule has 0 N–H and O–H groups in total. The Balaban J connectivity index is 1.85. The fourth-order valence-electron chi connectivity index (χ4n) is 3.00. The topological polar surface area (TPSA) is 9.23 Å². The molecule has 118 valence electrons. The van der Waals surface area contributed by atoms with Crippen molar-refractivity contribution >= 4 is 15.9 Å². The van der Waals surface area contributed by atoms with E-state index in [0.29, 0.717) is 4.83 Å². The summed E-state index contributed by atoms with van der Waals surface area (Å²) < 4.78 is 5.77. The van der Waals surface area contributed by atoms with Gasteiger partial charge in [0, 0.05) is 15.8 Å². The van der Waals surface area contributed by atoms with E-state index in [1.165, 1.54) is 56.1 Å². The van der Waals surface area contributed by atoms with Gasteiger partial charge >= 0.3 is 0 Å². The highest BCUT2D eigenvalue weighted by molar-refractivity contribution is 9.09. The van der Waals surface area contributed by atoms with E-state index in [9.17, 15) is 0 Å². The third kappa shape index (κ3) is 4.48. The zero-order chi connectivity index (χ0) is 15.3. The highest BCUT2D eigenvalue weighted by Crippen LogP contribution is 2.41. The van der Waals surface area contributed by atoms with Gasteiger partial charge in [-0.1, -0.05) is 87.4 Å². The Bertz CT molecular complexity index is 453. The fraction of sp³-hybridized carbons (Fsp3) is 0.684. The van der Waals surface area contributed by atoms with Crippen LogP contribution in [0.25, 0.3) is 0 Å². The van der Waals surface area contributed by atoms with Gasteiger partial charge in [0.15, 0.2) is 0 Å². The lowest BCUT2D eigenvalue weighted by atomic mass is 9.85. The Hall–Kier alpha value is -0.500. The monoisotopic (exact) mass is 352 g/mol. The minimum absolute atomic E-state index is 0.151. The summed E-state index contributed by atoms with van der Waals surface area (Å²) in [6.07, 6.45) is 9.41. The van der Waals surface area contributed by atoms with E-state index in [2.05, 4.69) is 54.9 Å². The van der Waals surface area contributed by atoms with Crippen LogP contribution in [0.2, 0.25) is 0 Å². The summed E-state index contributed by atoms with van der Waals surface area (Å²) in [6.45, 7) is 7.60. The molecule has 0 saturated carbocycles. The quantitative estimate of drug-likeness (QED) is 0.381. The number of halogens is 1. The molecule has 0 amide bonds. The SMILES string of the molecule is CCCCCCCCC(Br)c1ccc2c(c1)C(C)(C)CO2. The lowest BCUT2D eigenvalue weighted by Crippen LogP contribution is -2.18. The van der Waals surface area contributed by atoms with Crippen molar-refractivity contribution in [3.05, 3.63) is 29.3 Å². The first kappa shape index (κ1) is 16.9. The minimum Gasteiger partial charge on any atom is -0.492 e. The van der Waals surface area contributed by atoms with Gasteiger partial charge in [-0.05, 0) is 18.1 Å². The number of rotatable bonds is 8. The van der Waals surface area contributed by atoms with Crippen LogP contribution in [0.3, 0.4) is 0 Å². The average Bonchev–Trinajstić information content (AvgIpc) is 2.78. The van der Waals surface area contributed by atoms with Crippen LogP contribution < -0.4 is 4.74 Å². The molecule has 0 saturated heterocycles. The minimum atomic E-state index is 0.151. The Morgan fingerprint density at radius 2 is 1.86 bits per heavy atom. The molecule has 21 heavy (non-hydrogen) atoms. The van der Waals surface area contributed by atoms with Crippen LogP contribution in [-0.2, 0) is 5.41 Å². The van der Waals surface area contributed by atoms with E-state index < -0.39 is 0 Å². The Morgan fingerprint density at radius 1 is 1.14 bits per heavy atom. The molecule has 0 spiro atoms. The molecule has 1 atom stereocenters. The molecule has 1 aromatic rings. The van der Waals surface area contributed by atoms with Gasteiger partial charge in [0.25, 0.3) is 0 Å². The summed E-state index contributed by atoms with van der Waals surface area (Å²) in [5.41, 5.74) is 2.92. The van der Waals surface area contributed by atoms with E-state index in [-0.39, 0.29) is 5.41 Å². The number of hydrogen-bond donors (Lipinski definition) is 0. The predicted molar refractivity (Wildman–Crippen MR) is 94.6 cm³/mol. The van der Waals surface area contributed by atoms with E-state index in [4.69, 9.17) is 4.74 Å². The molecule has 0 aliphatic carbocycles. The maximum absolute atomic E-state index is 5.77. The van der Waals surface area contributed by atoms with Crippen LogP contribution >= 0.6 is 15.9 Å². The van der Waals surface area contributed by atoms with Gasteiger partial charge < -0.3 is 4.74 Å². The first-order valence-corrected chi connectivity index (χ1v) is 9.37. The van der Waals surface area contributed by atoms with Crippen molar-refractivity contribution in [3.63, 3.8) is 0 Å². The fourth-order valence-corrected chi connectivity index (χ4v) is 3.61. The first-order chi connectivity index (χ1) is 10.0. The molecule has 0 aromatic heterocycles. The zero-order valence-electron chi connectivity index (χ0n) is 13.8. The maximum atomic E-state index is 5.77. The van der Waals surface area contributed by atoms with Crippen LogP contribution in [-0.4, -0.2) is 6.61 Å². The van der Waals surface area contributed by atoms with Crippen molar-refractivity contribution in [2.75, 3.05) is 6.61 Å². The number of benzene rings is 1. The summed E-state index contributed by atoms with van der Waals surface area (Å²) in [7, 11) is 0. The van der Waals surface area contributed by atoms with Crippen molar-refractivity contribution in [1.82, 2.24) is 0 Å². The summed E-state index contributed by atoms with van der Waals surface area (Å²) in [5.74, 6) is 1.07. The maximum Gasteiger partial charge on any atom is 0.123 e. The molecule has 1 nitrogen and oxygen atoms in total. The third-order valence-corrected chi connectivity index (χ3v) is 5.48. The summed E-state index contributed by atoms with van der Waals surface area (Å²) in [5, 5.41) is 0. The Morgan fingerprint density at radius 3 is 2.62 bits per heavy atom. The summed E-state index contributed by atoms with van der Waals surface area (Å²) >= 11 is 3.87. The van der Waals surface area contributed by atoms with Crippen molar-refractivity contribution in [1.29, 1.82) is 0 Å². The van der Waals surface area contributed by atoms with Gasteiger partial charge in [-0.25, -0.2) is 0 Å². The van der Waals surface area contributed by atoms with E-state index in [1.54, 1.807) is 0 Å². The number of ether oxygens (including phenoxy) is 1. The first-order valence-electron chi connectivity index (χ1n) is 8.46. The van der Waals surface area contributed by atoms with E-state index >= 15 is 0 Å². The van der Waals surface area contributed by atoms with E-state index in [1.807, 2.05) is 0 Å². The molecule has 0 fully saturated rings. The second kappa shape index (κ2) is 7.67. The molecule has 0 bridgehead atoms. The van der Waals surface area contributed by atoms with Gasteiger partial charge in [-0.15, -0.1) is 0 Å². The number of unbranched alkanes of at least 4 members (excludes halogenated alkanes) is 5. The van der Waals surface area contributed by atoms with Crippen molar-refractivity contribution in [2.24, 2.45) is 0 Å². The highest BCUT2D eigenvalue weighted by Gasteiger charge is 2.32. The Kier molecular flexibility index (Phi) is 6.16. The van der Waals surface area contributed by atoms with Crippen molar-refractivity contribution in [2.45, 2.75) is 76.0 Å². The number of fused-ring (bicyclic) bond motifs is 1. The normalized spacial score (nSPS) is 17.3. The molecule has 2 rings (SSSR count). The van der Waals surface area contributed by atoms with Crippen molar-refractivity contribution in [3.8, 4) is 5.75 Å². The molecule has 0 radical (unpaired) electrons. The largest absolute Gasteiger partial charge is 0.492 e. The van der Waals surface area contributed by atoms with Crippen molar-refractivity contribution < 1.29 is 4.74 Å². The summed E-state index contributed by atoms with van der Waals surface area (Å²) in [6, 6.07) is 6.71. The lowest BCUT2D eigenvalue weighted by Gasteiger charge is -2.17. The second-order valence-electron chi connectivity index (χ2n) is 6.95. The van der Waals surface area contributed by atoms with Crippen LogP contribution in [0.15, 0.2) is 18.2 Å². The van der Waals surface area contributed by atoms with Gasteiger partial charge in [0.2, 0.25) is 0 Å². The highest BCUT2D eigenvalue weighted by atomic mass is 79.9. The van der Waals surface area contributed by atoms with Gasteiger partial charge in [-0.3, -0.25) is 0 Å². The predicted octanol–water partition coefficient (Wildman–Crippen LogP) is 6.54. The number of alkyl halides is 1. The van der Waals surface area contributed by atoms with Crippen LogP contribution in [0.5, 0.6) is 5.75 Å². The molecule has 2 heteroatoms. The van der Waals surface area contributed by atoms with Crippen LogP contribution in [0, 0.1) is 0 Å².